The highest BCUT2D eigenvalue weighted by molar-refractivity contribution is 7.57. The molecule has 25 heavy (non-hydrogen) atoms. The number of rotatable bonds is 12. The van der Waals surface area contributed by atoms with Gasteiger partial charge in [0.1, 0.15) is 5.82 Å². The third-order valence-corrected chi connectivity index (χ3v) is 5.72. The summed E-state index contributed by atoms with van der Waals surface area (Å²) in [5.41, 5.74) is 1.64. The van der Waals surface area contributed by atoms with Crippen molar-refractivity contribution in [3.05, 3.63) is 47.0 Å². The average molecular weight is 372 g/mol. The molecule has 142 valence electrons. The maximum atomic E-state index is 13.0. The van der Waals surface area contributed by atoms with E-state index in [0.717, 1.165) is 24.8 Å². The van der Waals surface area contributed by atoms with Crippen LogP contribution in [0.25, 0.3) is 0 Å². The van der Waals surface area contributed by atoms with Crippen molar-refractivity contribution in [1.82, 2.24) is 0 Å². The molecule has 1 unspecified atom stereocenters. The highest BCUT2D eigenvalue weighted by Gasteiger charge is 2.21. The van der Waals surface area contributed by atoms with Gasteiger partial charge in [0.25, 0.3) is 0 Å². The monoisotopic (exact) mass is 372 g/mol. The molecule has 1 aromatic carbocycles. The van der Waals surface area contributed by atoms with E-state index in [2.05, 4.69) is 6.92 Å². The third-order valence-electron chi connectivity index (χ3n) is 3.80. The van der Waals surface area contributed by atoms with Gasteiger partial charge in [-0.25, -0.2) is 4.39 Å². The topological polar surface area (TPSA) is 55.8 Å². The molecule has 0 aliphatic carbocycles. The van der Waals surface area contributed by atoms with E-state index in [1.807, 2.05) is 0 Å². The number of allylic oxidation sites excluding steroid dienone is 1. The Morgan fingerprint density at radius 3 is 2.28 bits per heavy atom. The van der Waals surface area contributed by atoms with Crippen molar-refractivity contribution in [2.45, 2.75) is 59.0 Å². The van der Waals surface area contributed by atoms with Crippen molar-refractivity contribution in [2.75, 3.05) is 13.2 Å². The molecule has 0 bridgehead atoms. The summed E-state index contributed by atoms with van der Waals surface area (Å²) in [6.07, 6.45) is 3.14. The van der Waals surface area contributed by atoms with Gasteiger partial charge in [-0.2, -0.15) is 0 Å². The molecule has 1 atom stereocenters. The summed E-state index contributed by atoms with van der Waals surface area (Å²) in [6, 6.07) is 5.84. The third kappa shape index (κ3) is 8.28. The van der Waals surface area contributed by atoms with E-state index in [9.17, 15) is 14.1 Å². The summed E-state index contributed by atoms with van der Waals surface area (Å²) in [6.45, 7) is 6.28. The molecule has 0 saturated heterocycles. The highest BCUT2D eigenvalue weighted by Crippen LogP contribution is 2.51. The molecule has 1 aromatic rings. The molecule has 6 heteroatoms. The first-order valence-corrected chi connectivity index (χ1v) is 10.6. The lowest BCUT2D eigenvalue weighted by Gasteiger charge is -2.17. The standard InChI is InChI=1S/C19H30FO4P/c1-4-7-8-16(15-25(22,23-5-2)24-6-3)9-14-19(21)17-10-12-18(20)13-11-17/h10-13,15,19,21H,4-9,14H2,1-3H3/b16-15+. The summed E-state index contributed by atoms with van der Waals surface area (Å²) < 4.78 is 36.4. The molecule has 4 nitrogen and oxygen atoms in total. The van der Waals surface area contributed by atoms with Crippen LogP contribution in [0.2, 0.25) is 0 Å². The molecule has 0 aromatic heterocycles. The van der Waals surface area contributed by atoms with Crippen molar-refractivity contribution in [1.29, 1.82) is 0 Å². The lowest BCUT2D eigenvalue weighted by Crippen LogP contribution is -2.00. The van der Waals surface area contributed by atoms with Crippen LogP contribution in [0, 0.1) is 5.82 Å². The second-order valence-electron chi connectivity index (χ2n) is 5.87. The van der Waals surface area contributed by atoms with Gasteiger partial charge in [0.15, 0.2) is 0 Å². The van der Waals surface area contributed by atoms with Crippen molar-refractivity contribution < 1.29 is 23.1 Å². The number of halogens is 1. The van der Waals surface area contributed by atoms with E-state index in [0.29, 0.717) is 31.6 Å². The summed E-state index contributed by atoms with van der Waals surface area (Å²) in [5.74, 6) is 1.29. The largest absolute Gasteiger partial charge is 0.388 e. The first-order valence-electron chi connectivity index (χ1n) is 8.97. The van der Waals surface area contributed by atoms with Crippen LogP contribution in [0.15, 0.2) is 35.7 Å². The quantitative estimate of drug-likeness (QED) is 0.459. The molecule has 0 saturated carbocycles. The lowest BCUT2D eigenvalue weighted by molar-refractivity contribution is 0.167. The van der Waals surface area contributed by atoms with Gasteiger partial charge in [0.05, 0.1) is 19.3 Å². The van der Waals surface area contributed by atoms with Gasteiger partial charge < -0.3 is 14.2 Å². The average Bonchev–Trinajstić information content (AvgIpc) is 2.58. The molecule has 1 rings (SSSR count). The Balaban J connectivity index is 2.81. The van der Waals surface area contributed by atoms with Crippen LogP contribution >= 0.6 is 7.60 Å². The Bertz CT molecular complexity index is 561. The van der Waals surface area contributed by atoms with Crippen molar-refractivity contribution in [3.8, 4) is 0 Å². The number of hydrogen-bond donors (Lipinski definition) is 1. The SMILES string of the molecule is CCCC/C(=C\P(=O)(OCC)OCC)CCC(O)c1ccc(F)cc1. The second kappa shape index (κ2) is 11.6. The molecular formula is C19H30FO4P. The normalized spacial score (nSPS) is 13.9. The van der Waals surface area contributed by atoms with Crippen molar-refractivity contribution in [2.24, 2.45) is 0 Å². The van der Waals surface area contributed by atoms with E-state index in [1.54, 1.807) is 31.8 Å². The first kappa shape index (κ1) is 22.0. The van der Waals surface area contributed by atoms with E-state index < -0.39 is 13.7 Å². The van der Waals surface area contributed by atoms with Crippen LogP contribution in [0.3, 0.4) is 0 Å². The molecule has 0 radical (unpaired) electrons. The first-order chi connectivity index (χ1) is 11.9. The predicted molar refractivity (Wildman–Crippen MR) is 99.1 cm³/mol. The summed E-state index contributed by atoms with van der Waals surface area (Å²) in [4.78, 5) is 0. The Kier molecular flexibility index (Phi) is 10.2. The number of aliphatic hydroxyl groups excluding tert-OH is 1. The lowest BCUT2D eigenvalue weighted by atomic mass is 9.99. The fourth-order valence-corrected chi connectivity index (χ4v) is 4.18. The number of unbranched alkanes of at least 4 members (excludes halogenated alkanes) is 1. The van der Waals surface area contributed by atoms with Gasteiger partial charge in [-0.1, -0.05) is 31.1 Å². The van der Waals surface area contributed by atoms with Crippen LogP contribution in [0.5, 0.6) is 0 Å². The van der Waals surface area contributed by atoms with Crippen molar-refractivity contribution >= 4 is 7.60 Å². The smallest absolute Gasteiger partial charge is 0.354 e. The van der Waals surface area contributed by atoms with Gasteiger partial charge in [-0.05, 0) is 57.2 Å². The van der Waals surface area contributed by atoms with Crippen LogP contribution in [-0.2, 0) is 13.6 Å². The van der Waals surface area contributed by atoms with Gasteiger partial charge in [0, 0.05) is 5.82 Å². The Morgan fingerprint density at radius 1 is 1.16 bits per heavy atom. The molecule has 0 aliphatic rings. The maximum absolute atomic E-state index is 13.0. The minimum absolute atomic E-state index is 0.313. The van der Waals surface area contributed by atoms with Gasteiger partial charge >= 0.3 is 7.60 Å². The Morgan fingerprint density at radius 2 is 1.76 bits per heavy atom. The predicted octanol–water partition coefficient (Wildman–Crippen LogP) is 5.98. The van der Waals surface area contributed by atoms with E-state index in [-0.39, 0.29) is 5.82 Å². The number of aliphatic hydroxyl groups is 1. The zero-order chi connectivity index (χ0) is 18.7. The summed E-state index contributed by atoms with van der Waals surface area (Å²) in [7, 11) is -3.25. The molecule has 0 amide bonds. The van der Waals surface area contributed by atoms with Gasteiger partial charge in [-0.15, -0.1) is 0 Å². The van der Waals surface area contributed by atoms with Crippen LogP contribution in [0.1, 0.15) is 64.5 Å². The molecule has 0 spiro atoms. The molecular weight excluding hydrogens is 342 g/mol. The molecule has 0 heterocycles. The van der Waals surface area contributed by atoms with Crippen LogP contribution in [-0.4, -0.2) is 18.3 Å². The van der Waals surface area contributed by atoms with E-state index in [1.165, 1.54) is 12.1 Å². The van der Waals surface area contributed by atoms with Gasteiger partial charge in [-0.3, -0.25) is 4.57 Å². The highest BCUT2D eigenvalue weighted by atomic mass is 31.2. The number of benzene rings is 1. The summed E-state index contributed by atoms with van der Waals surface area (Å²) >= 11 is 0. The molecule has 0 aliphatic heterocycles. The molecule has 1 N–H and O–H groups in total. The summed E-state index contributed by atoms with van der Waals surface area (Å²) in [5, 5.41) is 10.3. The Hall–Kier alpha value is -1.00. The van der Waals surface area contributed by atoms with Crippen molar-refractivity contribution in [3.63, 3.8) is 0 Å². The minimum Gasteiger partial charge on any atom is -0.388 e. The van der Waals surface area contributed by atoms with Crippen LogP contribution < -0.4 is 0 Å². The van der Waals surface area contributed by atoms with E-state index >= 15 is 0 Å². The zero-order valence-corrected chi connectivity index (χ0v) is 16.3. The minimum atomic E-state index is -3.25. The van der Waals surface area contributed by atoms with E-state index in [4.69, 9.17) is 9.05 Å². The van der Waals surface area contributed by atoms with Gasteiger partial charge in [0.2, 0.25) is 0 Å². The molecule has 0 fully saturated rings. The fourth-order valence-electron chi connectivity index (χ4n) is 2.53. The fraction of sp³-hybridized carbons (Fsp3) is 0.579. The van der Waals surface area contributed by atoms with Crippen LogP contribution in [0.4, 0.5) is 4.39 Å². The number of hydrogen-bond acceptors (Lipinski definition) is 4. The maximum Gasteiger partial charge on any atom is 0.354 e. The second-order valence-corrected chi connectivity index (χ2v) is 7.73. The Labute approximate surface area is 150 Å². The zero-order valence-electron chi connectivity index (χ0n) is 15.4.